The molecular formula is C5H9O5P. The number of rotatable bonds is 3. The summed E-state index contributed by atoms with van der Waals surface area (Å²) < 4.78 is 10.2. The van der Waals surface area contributed by atoms with Crippen LogP contribution in [0, 0.1) is 0 Å². The molecule has 0 fully saturated rings. The Bertz CT molecular complexity index is 225. The fourth-order valence-corrected chi connectivity index (χ4v) is 0.855. The van der Waals surface area contributed by atoms with Crippen LogP contribution in [0.25, 0.3) is 0 Å². The fraction of sp³-hybridized carbons (Fsp3) is 0.400. The van der Waals surface area contributed by atoms with Gasteiger partial charge in [0, 0.05) is 5.57 Å². The maximum Gasteiger partial charge on any atom is 0.330 e. The molecule has 6 heteroatoms. The summed E-state index contributed by atoms with van der Waals surface area (Å²) in [6, 6.07) is 0. The summed E-state index contributed by atoms with van der Waals surface area (Å²) in [7, 11) is -4.10. The van der Waals surface area contributed by atoms with Crippen LogP contribution in [-0.2, 0) is 9.36 Å². The molecule has 0 saturated heterocycles. The molecule has 0 bridgehead atoms. The van der Waals surface area contributed by atoms with E-state index >= 15 is 0 Å². The average molecular weight is 180 g/mol. The molecular weight excluding hydrogens is 171 g/mol. The van der Waals surface area contributed by atoms with E-state index in [1.165, 1.54) is 6.92 Å². The van der Waals surface area contributed by atoms with Gasteiger partial charge in [-0.05, 0) is 6.92 Å². The van der Waals surface area contributed by atoms with Crippen LogP contribution >= 0.6 is 7.60 Å². The highest BCUT2D eigenvalue weighted by molar-refractivity contribution is 7.51. The standard InChI is InChI=1S/C5H9O5P/c1-4(5(6)7)2-3-11(8,9)10/h2H,3H2,1H3,(H,6,7)(H2,8,9,10). The maximum atomic E-state index is 10.2. The lowest BCUT2D eigenvalue weighted by atomic mass is 10.3. The van der Waals surface area contributed by atoms with Crippen molar-refractivity contribution >= 4 is 13.6 Å². The molecule has 0 aliphatic carbocycles. The van der Waals surface area contributed by atoms with Gasteiger partial charge in [0.25, 0.3) is 0 Å². The molecule has 0 radical (unpaired) electrons. The molecule has 0 aromatic heterocycles. The summed E-state index contributed by atoms with van der Waals surface area (Å²) in [6.45, 7) is 1.28. The van der Waals surface area contributed by atoms with Crippen LogP contribution < -0.4 is 0 Å². The highest BCUT2D eigenvalue weighted by atomic mass is 31.2. The second-order valence-corrected chi connectivity index (χ2v) is 3.73. The summed E-state index contributed by atoms with van der Waals surface area (Å²) in [5.74, 6) is -1.17. The van der Waals surface area contributed by atoms with Gasteiger partial charge in [-0.25, -0.2) is 4.79 Å². The Labute approximate surface area is 63.5 Å². The van der Waals surface area contributed by atoms with Crippen molar-refractivity contribution in [3.8, 4) is 0 Å². The van der Waals surface area contributed by atoms with Gasteiger partial charge in [0.05, 0.1) is 6.16 Å². The SMILES string of the molecule is CC(=CCP(=O)(O)O)C(=O)O. The molecule has 0 aliphatic heterocycles. The molecule has 0 aliphatic rings. The summed E-state index contributed by atoms with van der Waals surface area (Å²) in [5, 5.41) is 8.26. The molecule has 3 N–H and O–H groups in total. The van der Waals surface area contributed by atoms with E-state index in [0.29, 0.717) is 0 Å². The van der Waals surface area contributed by atoms with E-state index in [2.05, 4.69) is 0 Å². The largest absolute Gasteiger partial charge is 0.478 e. The summed E-state index contributed by atoms with van der Waals surface area (Å²) in [5.41, 5.74) is -0.0617. The topological polar surface area (TPSA) is 94.8 Å². The van der Waals surface area contributed by atoms with Crippen molar-refractivity contribution in [3.05, 3.63) is 11.6 Å². The van der Waals surface area contributed by atoms with Crippen molar-refractivity contribution in [2.45, 2.75) is 6.92 Å². The van der Waals surface area contributed by atoms with Crippen LogP contribution in [0.2, 0.25) is 0 Å². The Kier molecular flexibility index (Phi) is 3.45. The molecule has 64 valence electrons. The van der Waals surface area contributed by atoms with Gasteiger partial charge < -0.3 is 14.9 Å². The van der Waals surface area contributed by atoms with Gasteiger partial charge in [-0.15, -0.1) is 0 Å². The molecule has 5 nitrogen and oxygen atoms in total. The fourth-order valence-electron chi connectivity index (χ4n) is 0.343. The van der Waals surface area contributed by atoms with Gasteiger partial charge in [0.2, 0.25) is 0 Å². The molecule has 0 spiro atoms. The van der Waals surface area contributed by atoms with Crippen LogP contribution in [0.5, 0.6) is 0 Å². The molecule has 0 unspecified atom stereocenters. The molecule has 0 aromatic rings. The van der Waals surface area contributed by atoms with Gasteiger partial charge in [-0.1, -0.05) is 6.08 Å². The van der Waals surface area contributed by atoms with Crippen LogP contribution in [0.1, 0.15) is 6.92 Å². The highest BCUT2D eigenvalue weighted by Gasteiger charge is 2.11. The lowest BCUT2D eigenvalue weighted by Gasteiger charge is -1.97. The van der Waals surface area contributed by atoms with E-state index in [1.54, 1.807) is 0 Å². The van der Waals surface area contributed by atoms with Crippen molar-refractivity contribution in [3.63, 3.8) is 0 Å². The van der Waals surface area contributed by atoms with Crippen molar-refractivity contribution in [2.24, 2.45) is 0 Å². The number of hydrogen-bond donors (Lipinski definition) is 3. The zero-order valence-corrected chi connectivity index (χ0v) is 6.78. The third-order valence-corrected chi connectivity index (χ3v) is 1.63. The van der Waals surface area contributed by atoms with Crippen LogP contribution in [0.4, 0.5) is 0 Å². The Morgan fingerprint density at radius 3 is 2.27 bits per heavy atom. The Morgan fingerprint density at radius 2 is 2.00 bits per heavy atom. The van der Waals surface area contributed by atoms with Crippen LogP contribution in [0.15, 0.2) is 11.6 Å². The summed E-state index contributed by atoms with van der Waals surface area (Å²) >= 11 is 0. The van der Waals surface area contributed by atoms with E-state index in [9.17, 15) is 9.36 Å². The average Bonchev–Trinajstić information content (AvgIpc) is 1.80. The predicted octanol–water partition coefficient (Wildman–Crippen LogP) is 0.195. The minimum atomic E-state index is -4.10. The van der Waals surface area contributed by atoms with E-state index in [4.69, 9.17) is 14.9 Å². The molecule has 0 saturated carbocycles. The molecule has 0 rings (SSSR count). The zero-order chi connectivity index (χ0) is 9.07. The first kappa shape index (κ1) is 10.4. The molecule has 0 atom stereocenters. The Balaban J connectivity index is 4.15. The van der Waals surface area contributed by atoms with Crippen molar-refractivity contribution in [2.75, 3.05) is 6.16 Å². The summed E-state index contributed by atoms with van der Waals surface area (Å²) in [6.07, 6.45) is 0.480. The minimum absolute atomic E-state index is 0.0617. The second kappa shape index (κ2) is 3.67. The normalized spacial score (nSPS) is 13.2. The monoisotopic (exact) mass is 180 g/mol. The first-order valence-electron chi connectivity index (χ1n) is 2.77. The summed E-state index contributed by atoms with van der Waals surface area (Å²) in [4.78, 5) is 26.7. The zero-order valence-electron chi connectivity index (χ0n) is 5.89. The Hall–Kier alpha value is -0.640. The lowest BCUT2D eigenvalue weighted by Crippen LogP contribution is -1.97. The van der Waals surface area contributed by atoms with E-state index < -0.39 is 19.7 Å². The highest BCUT2D eigenvalue weighted by Crippen LogP contribution is 2.34. The van der Waals surface area contributed by atoms with Crippen LogP contribution in [0.3, 0.4) is 0 Å². The number of aliphatic carboxylic acids is 1. The minimum Gasteiger partial charge on any atom is -0.478 e. The van der Waals surface area contributed by atoms with Crippen molar-refractivity contribution < 1.29 is 24.3 Å². The molecule has 0 aromatic carbocycles. The first-order chi connectivity index (χ1) is 4.83. The third kappa shape index (κ3) is 5.79. The number of carboxylic acid groups (broad SMARTS) is 1. The van der Waals surface area contributed by atoms with Gasteiger partial charge in [0.1, 0.15) is 0 Å². The second-order valence-electron chi connectivity index (χ2n) is 2.04. The number of allylic oxidation sites excluding steroid dienone is 1. The predicted molar refractivity (Wildman–Crippen MR) is 38.3 cm³/mol. The maximum absolute atomic E-state index is 10.2. The van der Waals surface area contributed by atoms with Crippen molar-refractivity contribution in [1.82, 2.24) is 0 Å². The molecule has 0 amide bonds. The molecule has 11 heavy (non-hydrogen) atoms. The van der Waals surface area contributed by atoms with E-state index in [0.717, 1.165) is 6.08 Å². The van der Waals surface area contributed by atoms with E-state index in [1.807, 2.05) is 0 Å². The van der Waals surface area contributed by atoms with Crippen LogP contribution in [-0.4, -0.2) is 27.0 Å². The van der Waals surface area contributed by atoms with Gasteiger partial charge in [-0.3, -0.25) is 4.57 Å². The van der Waals surface area contributed by atoms with Gasteiger partial charge in [0.15, 0.2) is 0 Å². The van der Waals surface area contributed by atoms with Crippen molar-refractivity contribution in [1.29, 1.82) is 0 Å². The number of carboxylic acids is 1. The lowest BCUT2D eigenvalue weighted by molar-refractivity contribution is -0.132. The Morgan fingerprint density at radius 1 is 1.55 bits per heavy atom. The van der Waals surface area contributed by atoms with Gasteiger partial charge >= 0.3 is 13.6 Å². The third-order valence-electron chi connectivity index (χ3n) is 0.973. The van der Waals surface area contributed by atoms with E-state index in [-0.39, 0.29) is 5.57 Å². The smallest absolute Gasteiger partial charge is 0.330 e. The van der Waals surface area contributed by atoms with Gasteiger partial charge in [-0.2, -0.15) is 0 Å². The molecule has 0 heterocycles. The number of hydrogen-bond acceptors (Lipinski definition) is 2. The quantitative estimate of drug-likeness (QED) is 0.425. The number of carbonyl (C=O) groups is 1. The first-order valence-corrected chi connectivity index (χ1v) is 4.57.